The van der Waals surface area contributed by atoms with Gasteiger partial charge in [0, 0.05) is 11.6 Å². The van der Waals surface area contributed by atoms with E-state index in [0.29, 0.717) is 24.7 Å². The van der Waals surface area contributed by atoms with Crippen LogP contribution in [0.3, 0.4) is 0 Å². The monoisotopic (exact) mass is 404 g/mol. The summed E-state index contributed by atoms with van der Waals surface area (Å²) in [5.41, 5.74) is -1.06. The highest BCUT2D eigenvalue weighted by Crippen LogP contribution is 2.41. The van der Waals surface area contributed by atoms with Crippen molar-refractivity contribution < 1.29 is 27.5 Å². The second-order valence-electron chi connectivity index (χ2n) is 7.46. The van der Waals surface area contributed by atoms with Crippen molar-refractivity contribution in [2.24, 2.45) is 0 Å². The van der Waals surface area contributed by atoms with Crippen LogP contribution in [0.4, 0.5) is 8.78 Å². The third kappa shape index (κ3) is 3.89. The number of ether oxygens (including phenoxy) is 1. The van der Waals surface area contributed by atoms with Crippen LogP contribution in [0.1, 0.15) is 48.2 Å². The molecule has 6 nitrogen and oxygen atoms in total. The van der Waals surface area contributed by atoms with Crippen molar-refractivity contribution in [1.82, 2.24) is 10.2 Å². The molecule has 1 aliphatic heterocycles. The van der Waals surface area contributed by atoms with Gasteiger partial charge in [0.15, 0.2) is 0 Å². The van der Waals surface area contributed by atoms with Gasteiger partial charge in [0.05, 0.1) is 19.4 Å². The Kier molecular flexibility index (Phi) is 5.36. The lowest BCUT2D eigenvalue weighted by molar-refractivity contribution is -0.127. The third-order valence-corrected chi connectivity index (χ3v) is 5.54. The number of carbonyl (C=O) groups is 2. The van der Waals surface area contributed by atoms with E-state index >= 15 is 0 Å². The number of halogens is 2. The number of rotatable bonds is 4. The molecule has 154 valence electrons. The molecule has 1 N–H and O–H groups in total. The molecule has 1 aromatic heterocycles. The van der Waals surface area contributed by atoms with Crippen LogP contribution in [-0.2, 0) is 16.1 Å². The maximum absolute atomic E-state index is 13.7. The van der Waals surface area contributed by atoms with Gasteiger partial charge >= 0.3 is 0 Å². The molecule has 1 saturated heterocycles. The lowest BCUT2D eigenvalue weighted by atomic mass is 9.89. The summed E-state index contributed by atoms with van der Waals surface area (Å²) >= 11 is 0. The first kappa shape index (κ1) is 19.6. The van der Waals surface area contributed by atoms with Gasteiger partial charge in [0.1, 0.15) is 29.2 Å². The number of benzene rings is 1. The van der Waals surface area contributed by atoms with Gasteiger partial charge in [-0.3, -0.25) is 14.5 Å². The summed E-state index contributed by atoms with van der Waals surface area (Å²) in [6.45, 7) is 0.208. The Morgan fingerprint density at radius 1 is 1.14 bits per heavy atom. The van der Waals surface area contributed by atoms with Gasteiger partial charge in [0.25, 0.3) is 5.91 Å². The Labute approximate surface area is 166 Å². The molecule has 1 atom stereocenters. The molecule has 2 fully saturated rings. The zero-order chi connectivity index (χ0) is 20.4. The van der Waals surface area contributed by atoms with Gasteiger partial charge in [-0.1, -0.05) is 6.42 Å². The molecule has 29 heavy (non-hydrogen) atoms. The van der Waals surface area contributed by atoms with Crippen molar-refractivity contribution in [2.75, 3.05) is 6.61 Å². The average Bonchev–Trinajstić information content (AvgIpc) is 3.34. The number of hydrogen-bond acceptors (Lipinski definition) is 4. The summed E-state index contributed by atoms with van der Waals surface area (Å²) in [7, 11) is 0. The normalized spacial score (nSPS) is 20.8. The zero-order valence-corrected chi connectivity index (χ0v) is 15.8. The van der Waals surface area contributed by atoms with Crippen LogP contribution >= 0.6 is 0 Å². The Morgan fingerprint density at radius 2 is 1.86 bits per heavy atom. The first-order valence-corrected chi connectivity index (χ1v) is 9.72. The summed E-state index contributed by atoms with van der Waals surface area (Å²) in [6.07, 6.45) is 5.38. The fourth-order valence-electron chi connectivity index (χ4n) is 4.19. The van der Waals surface area contributed by atoms with E-state index in [0.717, 1.165) is 31.4 Å². The van der Waals surface area contributed by atoms with Crippen LogP contribution in [0.15, 0.2) is 41.0 Å². The second kappa shape index (κ2) is 7.94. The van der Waals surface area contributed by atoms with Gasteiger partial charge in [-0.05, 0) is 49.9 Å². The maximum Gasteiger partial charge on any atom is 0.257 e. The quantitative estimate of drug-likeness (QED) is 0.848. The third-order valence-electron chi connectivity index (χ3n) is 5.54. The van der Waals surface area contributed by atoms with Crippen molar-refractivity contribution in [3.05, 3.63) is 59.6 Å². The molecule has 2 heterocycles. The summed E-state index contributed by atoms with van der Waals surface area (Å²) < 4.78 is 38.6. The minimum absolute atomic E-state index is 0.0352. The molecular formula is C21H22F2N2O4. The lowest BCUT2D eigenvalue weighted by Crippen LogP contribution is -2.56. The minimum atomic E-state index is -0.926. The molecule has 1 aliphatic carbocycles. The van der Waals surface area contributed by atoms with Crippen LogP contribution in [0.5, 0.6) is 0 Å². The van der Waals surface area contributed by atoms with Crippen molar-refractivity contribution in [1.29, 1.82) is 0 Å². The van der Waals surface area contributed by atoms with E-state index in [9.17, 15) is 18.4 Å². The largest absolute Gasteiger partial charge is 0.467 e. The molecule has 2 aromatic rings. The number of amides is 2. The molecule has 1 saturated carbocycles. The molecule has 4 rings (SSSR count). The van der Waals surface area contributed by atoms with Crippen molar-refractivity contribution in [3.8, 4) is 0 Å². The number of hydrogen-bond donors (Lipinski definition) is 1. The summed E-state index contributed by atoms with van der Waals surface area (Å²) in [5.74, 6) is -2.11. The Balaban J connectivity index is 1.61. The Hall–Kier alpha value is -2.74. The molecule has 8 heteroatoms. The van der Waals surface area contributed by atoms with Gasteiger partial charge in [0.2, 0.25) is 5.91 Å². The fraction of sp³-hybridized carbons (Fsp3) is 0.429. The van der Waals surface area contributed by atoms with E-state index < -0.39 is 35.2 Å². The van der Waals surface area contributed by atoms with E-state index in [1.54, 1.807) is 12.1 Å². The van der Waals surface area contributed by atoms with Crippen LogP contribution in [-0.4, -0.2) is 35.1 Å². The van der Waals surface area contributed by atoms with Gasteiger partial charge in [-0.25, -0.2) is 8.78 Å². The molecular weight excluding hydrogens is 382 g/mol. The van der Waals surface area contributed by atoms with E-state index in [2.05, 4.69) is 5.32 Å². The van der Waals surface area contributed by atoms with E-state index in [4.69, 9.17) is 9.15 Å². The van der Waals surface area contributed by atoms with Crippen LogP contribution < -0.4 is 5.32 Å². The van der Waals surface area contributed by atoms with Crippen LogP contribution in [0.25, 0.3) is 0 Å². The molecule has 2 aliphatic rings. The highest BCUT2D eigenvalue weighted by Gasteiger charge is 2.53. The second-order valence-corrected chi connectivity index (χ2v) is 7.46. The SMILES string of the molecule is O=C(NCc1ccco1)[C@H]1COC2(CCCCC2)N1C(=O)c1cc(F)cc(F)c1. The Bertz CT molecular complexity index is 874. The van der Waals surface area contributed by atoms with Crippen molar-refractivity contribution in [2.45, 2.75) is 50.4 Å². The predicted octanol–water partition coefficient (Wildman–Crippen LogP) is 3.38. The number of furan rings is 1. The molecule has 1 aromatic carbocycles. The number of nitrogens with one attached hydrogen (secondary N) is 1. The van der Waals surface area contributed by atoms with E-state index in [-0.39, 0.29) is 18.7 Å². The molecule has 0 bridgehead atoms. The predicted molar refractivity (Wildman–Crippen MR) is 98.6 cm³/mol. The highest BCUT2D eigenvalue weighted by molar-refractivity contribution is 5.98. The smallest absolute Gasteiger partial charge is 0.257 e. The summed E-state index contributed by atoms with van der Waals surface area (Å²) in [5, 5.41) is 2.75. The van der Waals surface area contributed by atoms with Crippen molar-refractivity contribution >= 4 is 11.8 Å². The number of nitrogens with zero attached hydrogens (tertiary/aromatic N) is 1. The molecule has 0 unspecified atom stereocenters. The first-order valence-electron chi connectivity index (χ1n) is 9.72. The minimum Gasteiger partial charge on any atom is -0.467 e. The zero-order valence-electron chi connectivity index (χ0n) is 15.8. The summed E-state index contributed by atoms with van der Waals surface area (Å²) in [6, 6.07) is 5.23. The fourth-order valence-corrected chi connectivity index (χ4v) is 4.19. The lowest BCUT2D eigenvalue weighted by Gasteiger charge is -2.41. The first-order chi connectivity index (χ1) is 14.0. The topological polar surface area (TPSA) is 71.8 Å². The molecule has 1 spiro atoms. The van der Waals surface area contributed by atoms with Gasteiger partial charge in [-0.15, -0.1) is 0 Å². The van der Waals surface area contributed by atoms with E-state index in [1.807, 2.05) is 0 Å². The van der Waals surface area contributed by atoms with Crippen molar-refractivity contribution in [3.63, 3.8) is 0 Å². The average molecular weight is 404 g/mol. The standard InChI is InChI=1S/C21H22F2N2O4/c22-15-9-14(10-16(23)11-15)20(27)25-18(13-29-21(25)6-2-1-3-7-21)19(26)24-12-17-5-4-8-28-17/h4-5,8-11,18H,1-3,6-7,12-13H2,(H,24,26)/t18-/m1/s1. The van der Waals surface area contributed by atoms with E-state index in [1.165, 1.54) is 11.2 Å². The maximum atomic E-state index is 13.7. The van der Waals surface area contributed by atoms with Gasteiger partial charge in [-0.2, -0.15) is 0 Å². The molecule has 0 radical (unpaired) electrons. The highest BCUT2D eigenvalue weighted by atomic mass is 19.1. The summed E-state index contributed by atoms with van der Waals surface area (Å²) in [4.78, 5) is 27.5. The van der Waals surface area contributed by atoms with Crippen LogP contribution in [0, 0.1) is 11.6 Å². The van der Waals surface area contributed by atoms with Crippen LogP contribution in [0.2, 0.25) is 0 Å². The number of carbonyl (C=O) groups excluding carboxylic acids is 2. The molecule has 2 amide bonds. The Morgan fingerprint density at radius 3 is 2.52 bits per heavy atom. The van der Waals surface area contributed by atoms with Gasteiger partial charge < -0.3 is 14.5 Å².